The lowest BCUT2D eigenvalue weighted by Gasteiger charge is -2.08. The van der Waals surface area contributed by atoms with E-state index >= 15 is 0 Å². The largest absolute Gasteiger partial charge is 0.492 e. The Hall–Kier alpha value is -1.19. The van der Waals surface area contributed by atoms with Crippen LogP contribution in [0, 0.1) is 0 Å². The highest BCUT2D eigenvalue weighted by atomic mass is 35.5. The summed E-state index contributed by atoms with van der Waals surface area (Å²) < 4.78 is 7.57. The number of rotatable bonds is 5. The van der Waals surface area contributed by atoms with E-state index in [0.717, 1.165) is 13.0 Å². The van der Waals surface area contributed by atoms with Gasteiger partial charge in [0.15, 0.2) is 0 Å². The minimum atomic E-state index is 0.542. The summed E-state index contributed by atoms with van der Waals surface area (Å²) in [5.41, 5.74) is 0. The highest BCUT2D eigenvalue weighted by Crippen LogP contribution is 2.27. The molecule has 0 atom stereocenters. The van der Waals surface area contributed by atoms with Gasteiger partial charge in [-0.15, -0.1) is 0 Å². The van der Waals surface area contributed by atoms with Crippen molar-refractivity contribution in [3.05, 3.63) is 47.0 Å². The molecule has 0 aliphatic rings. The summed E-state index contributed by atoms with van der Waals surface area (Å²) >= 11 is 11.8. The molecule has 0 radical (unpaired) electrons. The number of benzene rings is 1. The van der Waals surface area contributed by atoms with Gasteiger partial charge in [0.2, 0.25) is 0 Å². The van der Waals surface area contributed by atoms with Gasteiger partial charge in [0.1, 0.15) is 5.75 Å². The Labute approximate surface area is 110 Å². The first kappa shape index (κ1) is 12.3. The minimum absolute atomic E-state index is 0.542. The summed E-state index contributed by atoms with van der Waals surface area (Å²) in [5.74, 6) is 0.668. The van der Waals surface area contributed by atoms with Crippen molar-refractivity contribution in [2.45, 2.75) is 13.0 Å². The van der Waals surface area contributed by atoms with Gasteiger partial charge in [-0.3, -0.25) is 0 Å². The molecule has 0 fully saturated rings. The van der Waals surface area contributed by atoms with Gasteiger partial charge in [-0.1, -0.05) is 23.2 Å². The van der Waals surface area contributed by atoms with E-state index in [1.54, 1.807) is 30.7 Å². The molecule has 0 saturated heterocycles. The van der Waals surface area contributed by atoms with Crippen molar-refractivity contribution in [3.63, 3.8) is 0 Å². The van der Waals surface area contributed by atoms with Crippen LogP contribution in [0.5, 0.6) is 5.75 Å². The van der Waals surface area contributed by atoms with E-state index in [2.05, 4.69) is 4.98 Å². The van der Waals surface area contributed by atoms with Gasteiger partial charge in [0, 0.05) is 24.0 Å². The fourth-order valence-corrected chi connectivity index (χ4v) is 1.90. The Morgan fingerprint density at radius 1 is 1.29 bits per heavy atom. The fourth-order valence-electron chi connectivity index (χ4n) is 1.44. The van der Waals surface area contributed by atoms with Crippen LogP contribution in [0.25, 0.3) is 0 Å². The van der Waals surface area contributed by atoms with Crippen molar-refractivity contribution in [2.24, 2.45) is 0 Å². The number of hydrogen-bond donors (Lipinski definition) is 0. The van der Waals surface area contributed by atoms with E-state index < -0.39 is 0 Å². The number of nitrogens with zero attached hydrogens (tertiary/aromatic N) is 2. The van der Waals surface area contributed by atoms with Crippen molar-refractivity contribution in [3.8, 4) is 5.75 Å². The fraction of sp³-hybridized carbons (Fsp3) is 0.250. The second-order valence-electron chi connectivity index (χ2n) is 3.58. The molecule has 0 N–H and O–H groups in total. The molecule has 5 heteroatoms. The molecular formula is C12H12Cl2N2O. The van der Waals surface area contributed by atoms with Gasteiger partial charge in [-0.25, -0.2) is 4.98 Å². The molecule has 1 aromatic heterocycles. The third-order valence-corrected chi connectivity index (χ3v) is 2.80. The number of ether oxygens (including phenoxy) is 1. The molecule has 2 aromatic rings. The molecule has 0 spiro atoms. The lowest BCUT2D eigenvalue weighted by Crippen LogP contribution is -2.03. The summed E-state index contributed by atoms with van der Waals surface area (Å²) in [4.78, 5) is 3.97. The van der Waals surface area contributed by atoms with Crippen LogP contribution in [0.4, 0.5) is 0 Å². The predicted molar refractivity (Wildman–Crippen MR) is 68.8 cm³/mol. The van der Waals surface area contributed by atoms with Crippen LogP contribution in [0.15, 0.2) is 36.9 Å². The van der Waals surface area contributed by atoms with Crippen molar-refractivity contribution in [1.29, 1.82) is 0 Å². The van der Waals surface area contributed by atoms with Crippen LogP contribution >= 0.6 is 23.2 Å². The first-order valence-corrected chi connectivity index (χ1v) is 6.05. The molecule has 1 heterocycles. The molecule has 90 valence electrons. The third-order valence-electron chi connectivity index (χ3n) is 2.27. The standard InChI is InChI=1S/C12H12Cl2N2O/c13-10-2-3-12(11(14)8-10)17-7-1-5-16-6-4-15-9-16/h2-4,6,8-9H,1,5,7H2. The van der Waals surface area contributed by atoms with E-state index in [0.29, 0.717) is 22.4 Å². The van der Waals surface area contributed by atoms with Gasteiger partial charge in [0.05, 0.1) is 18.0 Å². The molecule has 0 saturated carbocycles. The van der Waals surface area contributed by atoms with Gasteiger partial charge in [-0.2, -0.15) is 0 Å². The molecule has 2 rings (SSSR count). The zero-order valence-electron chi connectivity index (χ0n) is 9.14. The Morgan fingerprint density at radius 2 is 2.18 bits per heavy atom. The topological polar surface area (TPSA) is 27.1 Å². The number of aryl methyl sites for hydroxylation is 1. The Kier molecular flexibility index (Phi) is 4.29. The van der Waals surface area contributed by atoms with Gasteiger partial charge in [0.25, 0.3) is 0 Å². The van der Waals surface area contributed by atoms with E-state index in [-0.39, 0.29) is 0 Å². The van der Waals surface area contributed by atoms with Crippen LogP contribution in [0.2, 0.25) is 10.0 Å². The minimum Gasteiger partial charge on any atom is -0.492 e. The van der Waals surface area contributed by atoms with Gasteiger partial charge < -0.3 is 9.30 Å². The average molecular weight is 271 g/mol. The normalized spacial score (nSPS) is 10.5. The Morgan fingerprint density at radius 3 is 2.88 bits per heavy atom. The summed E-state index contributed by atoms with van der Waals surface area (Å²) in [7, 11) is 0. The smallest absolute Gasteiger partial charge is 0.137 e. The zero-order chi connectivity index (χ0) is 12.1. The van der Waals surface area contributed by atoms with Gasteiger partial charge >= 0.3 is 0 Å². The second-order valence-corrected chi connectivity index (χ2v) is 4.42. The predicted octanol–water partition coefficient (Wildman–Crippen LogP) is 3.66. The molecule has 0 bridgehead atoms. The van der Waals surface area contributed by atoms with E-state index in [4.69, 9.17) is 27.9 Å². The molecular weight excluding hydrogens is 259 g/mol. The van der Waals surface area contributed by atoms with Crippen LogP contribution in [0.1, 0.15) is 6.42 Å². The summed E-state index contributed by atoms with van der Waals surface area (Å²) in [6.45, 7) is 1.49. The SMILES string of the molecule is Clc1ccc(OCCCn2ccnc2)c(Cl)c1. The summed E-state index contributed by atoms with van der Waals surface area (Å²) in [6.07, 6.45) is 6.37. The molecule has 17 heavy (non-hydrogen) atoms. The van der Waals surface area contributed by atoms with Crippen LogP contribution < -0.4 is 4.74 Å². The molecule has 1 aromatic carbocycles. The summed E-state index contributed by atoms with van der Waals surface area (Å²) in [5, 5.41) is 1.15. The first-order valence-electron chi connectivity index (χ1n) is 5.29. The first-order chi connectivity index (χ1) is 8.25. The van der Waals surface area contributed by atoms with E-state index in [9.17, 15) is 0 Å². The van der Waals surface area contributed by atoms with E-state index in [1.165, 1.54) is 0 Å². The molecule has 0 amide bonds. The molecule has 0 aliphatic carbocycles. The Balaban J connectivity index is 1.78. The maximum Gasteiger partial charge on any atom is 0.137 e. The van der Waals surface area contributed by atoms with Crippen molar-refractivity contribution >= 4 is 23.2 Å². The lowest BCUT2D eigenvalue weighted by atomic mass is 10.3. The lowest BCUT2D eigenvalue weighted by molar-refractivity contribution is 0.302. The number of halogens is 2. The summed E-state index contributed by atoms with van der Waals surface area (Å²) in [6, 6.07) is 5.22. The van der Waals surface area contributed by atoms with Crippen molar-refractivity contribution in [2.75, 3.05) is 6.61 Å². The number of imidazole rings is 1. The third kappa shape index (κ3) is 3.65. The number of hydrogen-bond acceptors (Lipinski definition) is 2. The Bertz CT molecular complexity index is 471. The molecule has 3 nitrogen and oxygen atoms in total. The average Bonchev–Trinajstić information content (AvgIpc) is 2.79. The highest BCUT2D eigenvalue weighted by Gasteiger charge is 2.01. The van der Waals surface area contributed by atoms with Crippen LogP contribution in [-0.4, -0.2) is 16.2 Å². The number of aromatic nitrogens is 2. The monoisotopic (exact) mass is 270 g/mol. The maximum absolute atomic E-state index is 5.98. The molecule has 0 unspecified atom stereocenters. The van der Waals surface area contributed by atoms with Crippen molar-refractivity contribution < 1.29 is 4.74 Å². The maximum atomic E-state index is 5.98. The van der Waals surface area contributed by atoms with Crippen LogP contribution in [0.3, 0.4) is 0 Å². The highest BCUT2D eigenvalue weighted by molar-refractivity contribution is 6.35. The second kappa shape index (κ2) is 5.94. The van der Waals surface area contributed by atoms with E-state index in [1.807, 2.05) is 10.8 Å². The van der Waals surface area contributed by atoms with Crippen molar-refractivity contribution in [1.82, 2.24) is 9.55 Å². The zero-order valence-corrected chi connectivity index (χ0v) is 10.7. The van der Waals surface area contributed by atoms with Crippen LogP contribution in [-0.2, 0) is 6.54 Å². The quantitative estimate of drug-likeness (QED) is 0.776. The van der Waals surface area contributed by atoms with Gasteiger partial charge in [-0.05, 0) is 24.6 Å². The molecule has 0 aliphatic heterocycles.